The number of methoxy groups -OCH3 is 1. The van der Waals surface area contributed by atoms with Crippen LogP contribution in [0.5, 0.6) is 0 Å². The topological polar surface area (TPSA) is 138 Å². The lowest BCUT2D eigenvalue weighted by molar-refractivity contribution is -0.140. The third-order valence-electron chi connectivity index (χ3n) is 11.2. The van der Waals surface area contributed by atoms with E-state index in [1.807, 2.05) is 33.8 Å². The maximum Gasteiger partial charge on any atom is 0.327 e. The molecule has 2 saturated carbocycles. The van der Waals surface area contributed by atoms with Gasteiger partial charge in [-0.1, -0.05) is 91.5 Å². The number of hydrogen-bond donors (Lipinski definition) is 3. The molecule has 0 spiro atoms. The molecule has 0 aromatic rings. The largest absolute Gasteiger partial charge is 0.478 e. The summed E-state index contributed by atoms with van der Waals surface area (Å²) in [5, 5.41) is 29.0. The highest BCUT2D eigenvalue weighted by Gasteiger charge is 2.39. The van der Waals surface area contributed by atoms with Gasteiger partial charge in [0.05, 0.1) is 19.3 Å². The second-order valence-electron chi connectivity index (χ2n) is 15.7. The van der Waals surface area contributed by atoms with E-state index in [0.29, 0.717) is 55.8 Å². The standard InChI is InChI=1S/C25H40O3.C22H32O5/c1-6-7-10-13-19(2)24(26)17-16-23-21(4)18-20(3)22(23)14-11-8-9-12-15-25(27)28-5;1-3-4-7-10-16(2)19(23)14-13-18-17(20(24)15-21(18)25)11-8-5-6-9-12-22(26)27/h16-17,19-23H,6,8-9,11-15,18H2,1-5H3;9,12-14,16-19,21,23,25H,3,5-6,8,10-11,15H2,1-2H3,(H,26,27)/b17-16+;12-9+,14-13+/t19-,20-,21+,22-,23-;16-,17+,18+,19+,21+/m00/s1. The van der Waals surface area contributed by atoms with Crippen molar-refractivity contribution in [1.29, 1.82) is 0 Å². The number of carbonyl (C=O) groups excluding carboxylic acids is 3. The number of esters is 1. The van der Waals surface area contributed by atoms with Gasteiger partial charge < -0.3 is 20.1 Å². The first-order chi connectivity index (χ1) is 26.3. The summed E-state index contributed by atoms with van der Waals surface area (Å²) in [5.41, 5.74) is 0. The number of aliphatic hydroxyl groups is 2. The first-order valence-electron chi connectivity index (χ1n) is 20.9. The molecule has 8 heteroatoms. The predicted octanol–water partition coefficient (Wildman–Crippen LogP) is 9.08. The van der Waals surface area contributed by atoms with Crippen LogP contribution in [0.25, 0.3) is 0 Å². The highest BCUT2D eigenvalue weighted by atomic mass is 16.5. The first kappa shape index (κ1) is 49.6. The smallest absolute Gasteiger partial charge is 0.327 e. The number of ketones is 2. The number of hydrogen-bond acceptors (Lipinski definition) is 7. The number of carbonyl (C=O) groups is 4. The van der Waals surface area contributed by atoms with E-state index in [0.717, 1.165) is 51.0 Å². The Morgan fingerprint density at radius 1 is 0.855 bits per heavy atom. The second-order valence-corrected chi connectivity index (χ2v) is 15.7. The molecule has 2 aliphatic rings. The number of aliphatic carboxylic acids is 1. The molecule has 0 amide bonds. The molecule has 0 heterocycles. The van der Waals surface area contributed by atoms with Gasteiger partial charge in [0.1, 0.15) is 5.78 Å². The Bertz CT molecular complexity index is 1370. The van der Waals surface area contributed by atoms with Gasteiger partial charge in [0.15, 0.2) is 5.78 Å². The number of ether oxygens (including phenoxy) is 1. The van der Waals surface area contributed by atoms with Crippen LogP contribution in [0.2, 0.25) is 0 Å². The van der Waals surface area contributed by atoms with Crippen molar-refractivity contribution in [2.45, 2.75) is 156 Å². The maximum atomic E-state index is 12.4. The van der Waals surface area contributed by atoms with Crippen molar-refractivity contribution in [3.63, 3.8) is 0 Å². The Balaban J connectivity index is 0.000000550. The first-order valence-corrected chi connectivity index (χ1v) is 20.9. The van der Waals surface area contributed by atoms with Crippen molar-refractivity contribution in [2.75, 3.05) is 7.11 Å². The molecule has 2 fully saturated rings. The van der Waals surface area contributed by atoms with E-state index in [-0.39, 0.29) is 47.6 Å². The van der Waals surface area contributed by atoms with E-state index < -0.39 is 18.2 Å². The Hall–Kier alpha value is -3.46. The normalized spacial score (nSPS) is 25.1. The average Bonchev–Trinajstić information content (AvgIpc) is 3.58. The van der Waals surface area contributed by atoms with E-state index in [1.165, 1.54) is 26.4 Å². The summed E-state index contributed by atoms with van der Waals surface area (Å²) >= 11 is 0. The molecular weight excluding hydrogens is 693 g/mol. The lowest BCUT2D eigenvalue weighted by Gasteiger charge is -2.22. The summed E-state index contributed by atoms with van der Waals surface area (Å²) in [5.74, 6) is 13.4. The van der Waals surface area contributed by atoms with Gasteiger partial charge in [-0.15, -0.1) is 23.7 Å². The molecule has 2 aliphatic carbocycles. The van der Waals surface area contributed by atoms with Crippen molar-refractivity contribution in [3.8, 4) is 23.7 Å². The number of unbranched alkanes of at least 4 members (excludes halogenated alkanes) is 5. The van der Waals surface area contributed by atoms with E-state index in [2.05, 4.69) is 48.3 Å². The Kier molecular flexibility index (Phi) is 26.0. The van der Waals surface area contributed by atoms with Crippen LogP contribution in [0.4, 0.5) is 0 Å². The Morgan fingerprint density at radius 3 is 2.16 bits per heavy atom. The monoisotopic (exact) mass is 765 g/mol. The number of carboxylic acids is 1. The SMILES string of the molecule is CCC#CC[C@H](C)C(=O)/C=C/[C@@H]1[C@@H](CCCCCCC(=O)OC)[C@@H](C)C[C@H]1C.CCC#CC[C@H](C)[C@H](O)/C=C/[C@H]1[C@H](O)CC(=O)[C@@H]1CCCC/C=C/C(=O)O. The molecule has 308 valence electrons. The molecule has 0 radical (unpaired) electrons. The van der Waals surface area contributed by atoms with E-state index in [1.54, 1.807) is 18.2 Å². The summed E-state index contributed by atoms with van der Waals surface area (Å²) in [6.45, 7) is 12.6. The fourth-order valence-electron chi connectivity index (χ4n) is 7.77. The summed E-state index contributed by atoms with van der Waals surface area (Å²) in [7, 11) is 1.45. The Morgan fingerprint density at radius 2 is 1.51 bits per heavy atom. The van der Waals surface area contributed by atoms with Crippen LogP contribution < -0.4 is 0 Å². The minimum Gasteiger partial charge on any atom is -0.478 e. The molecule has 0 unspecified atom stereocenters. The van der Waals surface area contributed by atoms with Gasteiger partial charge in [0.25, 0.3) is 0 Å². The molecule has 0 aromatic carbocycles. The number of rotatable bonds is 21. The van der Waals surface area contributed by atoms with Crippen molar-refractivity contribution in [3.05, 3.63) is 36.5 Å². The van der Waals surface area contributed by atoms with Crippen LogP contribution in [-0.4, -0.2) is 58.1 Å². The zero-order valence-corrected chi connectivity index (χ0v) is 34.9. The lowest BCUT2D eigenvalue weighted by Crippen LogP contribution is -2.20. The van der Waals surface area contributed by atoms with Crippen molar-refractivity contribution in [1.82, 2.24) is 0 Å². The molecule has 10 atom stereocenters. The van der Waals surface area contributed by atoms with Gasteiger partial charge >= 0.3 is 11.9 Å². The van der Waals surface area contributed by atoms with Crippen LogP contribution in [0, 0.1) is 71.0 Å². The molecule has 3 N–H and O–H groups in total. The summed E-state index contributed by atoms with van der Waals surface area (Å²) in [6.07, 6.45) is 22.2. The minimum absolute atomic E-state index is 0.00554. The summed E-state index contributed by atoms with van der Waals surface area (Å²) in [4.78, 5) is 46.2. The number of allylic oxidation sites excluding steroid dienone is 3. The van der Waals surface area contributed by atoms with E-state index >= 15 is 0 Å². The molecular formula is C47H72O8. The third-order valence-corrected chi connectivity index (χ3v) is 11.2. The van der Waals surface area contributed by atoms with Crippen LogP contribution in [0.15, 0.2) is 36.5 Å². The summed E-state index contributed by atoms with van der Waals surface area (Å²) < 4.78 is 4.69. The molecule has 0 aromatic heterocycles. The highest BCUT2D eigenvalue weighted by Crippen LogP contribution is 2.44. The van der Waals surface area contributed by atoms with E-state index in [4.69, 9.17) is 5.11 Å². The number of Topliss-reactive ketones (excluding diaryl/α,β-unsaturated/α-hetero) is 1. The molecule has 0 aliphatic heterocycles. The molecule has 55 heavy (non-hydrogen) atoms. The fourth-order valence-corrected chi connectivity index (χ4v) is 7.77. The summed E-state index contributed by atoms with van der Waals surface area (Å²) in [6, 6.07) is 0. The highest BCUT2D eigenvalue weighted by molar-refractivity contribution is 5.91. The van der Waals surface area contributed by atoms with Crippen molar-refractivity contribution in [2.24, 2.45) is 47.3 Å². The van der Waals surface area contributed by atoms with Gasteiger partial charge in [-0.05, 0) is 74.2 Å². The van der Waals surface area contributed by atoms with Crippen molar-refractivity contribution < 1.29 is 39.2 Å². The molecule has 0 bridgehead atoms. The minimum atomic E-state index is -0.956. The van der Waals surface area contributed by atoms with Gasteiger partial charge in [-0.25, -0.2) is 4.79 Å². The molecule has 0 saturated heterocycles. The fraction of sp³-hybridized carbons (Fsp3) is 0.702. The molecule has 2 rings (SSSR count). The van der Waals surface area contributed by atoms with Gasteiger partial charge in [0.2, 0.25) is 0 Å². The van der Waals surface area contributed by atoms with Crippen LogP contribution in [0.3, 0.4) is 0 Å². The number of aliphatic hydroxyl groups excluding tert-OH is 2. The van der Waals surface area contributed by atoms with Crippen LogP contribution in [0.1, 0.15) is 144 Å². The van der Waals surface area contributed by atoms with E-state index in [9.17, 15) is 29.4 Å². The Labute approximate surface area is 333 Å². The van der Waals surface area contributed by atoms with Gasteiger partial charge in [-0.3, -0.25) is 14.4 Å². The maximum absolute atomic E-state index is 12.4. The lowest BCUT2D eigenvalue weighted by atomic mass is 9.83. The zero-order valence-electron chi connectivity index (χ0n) is 34.9. The van der Waals surface area contributed by atoms with Crippen LogP contribution >= 0.6 is 0 Å². The van der Waals surface area contributed by atoms with Crippen molar-refractivity contribution >= 4 is 23.5 Å². The zero-order chi connectivity index (χ0) is 41.2. The second kappa shape index (κ2) is 28.9. The third kappa shape index (κ3) is 20.3. The predicted molar refractivity (Wildman–Crippen MR) is 220 cm³/mol. The van der Waals surface area contributed by atoms with Crippen LogP contribution in [-0.2, 0) is 23.9 Å². The quantitative estimate of drug-likeness (QED) is 0.0346. The van der Waals surface area contributed by atoms with Gasteiger partial charge in [0, 0.05) is 62.4 Å². The average molecular weight is 765 g/mol. The molecule has 8 nitrogen and oxygen atoms in total. The van der Waals surface area contributed by atoms with Gasteiger partial charge in [-0.2, -0.15) is 0 Å². The number of carboxylic acid groups (broad SMARTS) is 1.